The van der Waals surface area contributed by atoms with Crippen LogP contribution in [-0.2, 0) is 20.5 Å². The first kappa shape index (κ1) is 14.2. The van der Waals surface area contributed by atoms with E-state index in [0.717, 1.165) is 6.42 Å². The van der Waals surface area contributed by atoms with Crippen LogP contribution in [-0.4, -0.2) is 4.68 Å². The Morgan fingerprint density at radius 2 is 1.82 bits per heavy atom. The van der Waals surface area contributed by atoms with E-state index in [-0.39, 0.29) is 24.0 Å². The molecule has 0 radical (unpaired) electrons. The predicted octanol–water partition coefficient (Wildman–Crippen LogP) is -0.527. The van der Waals surface area contributed by atoms with E-state index in [1.54, 1.807) is 0 Å². The first-order valence-corrected chi connectivity index (χ1v) is 5.84. The van der Waals surface area contributed by atoms with Gasteiger partial charge in [0.25, 0.3) is 0 Å². The fourth-order valence-corrected chi connectivity index (χ4v) is 2.16. The quantitative estimate of drug-likeness (QED) is 0.524. The molecule has 1 aromatic heterocycles. The molecule has 17 heavy (non-hydrogen) atoms. The molecular weight excluding hydrogens is 323 g/mol. The molecule has 0 N–H and O–H groups in total. The lowest BCUT2D eigenvalue weighted by molar-refractivity contribution is -0.750. The summed E-state index contributed by atoms with van der Waals surface area (Å²) in [6.07, 6.45) is 4.55. The molecule has 0 saturated carbocycles. The zero-order chi connectivity index (χ0) is 11.5. The second kappa shape index (κ2) is 6.19. The lowest BCUT2D eigenvalue weighted by Crippen LogP contribution is -3.00. The monoisotopic (exact) mass is 342 g/mol. The van der Waals surface area contributed by atoms with Crippen molar-refractivity contribution in [2.45, 2.75) is 19.8 Å². The first-order valence-electron chi connectivity index (χ1n) is 5.84. The fraction of sp³-hybridized carbons (Fsp3) is 0.357. The average Bonchev–Trinajstić information content (AvgIpc) is 2.57. The standard InChI is InChI=1S/C14H19N2.HI/c1-4-8-13-11-15(2)16(3)14(13)12-9-6-5-7-10-12;/h5-7,9-11H,4,8H2,1-3H3;1H/q+1;/p-1. The number of rotatable bonds is 3. The lowest BCUT2D eigenvalue weighted by atomic mass is 10.1. The lowest BCUT2D eigenvalue weighted by Gasteiger charge is -2.02. The van der Waals surface area contributed by atoms with Gasteiger partial charge in [0.1, 0.15) is 5.69 Å². The van der Waals surface area contributed by atoms with Gasteiger partial charge in [0.15, 0.2) is 13.2 Å². The number of hydrogen-bond donors (Lipinski definition) is 0. The van der Waals surface area contributed by atoms with Crippen LogP contribution < -0.4 is 28.7 Å². The Kier molecular flexibility index (Phi) is 5.18. The highest BCUT2D eigenvalue weighted by atomic mass is 127. The van der Waals surface area contributed by atoms with Gasteiger partial charge in [-0.05, 0) is 6.42 Å². The number of hydrogen-bond acceptors (Lipinski definition) is 0. The molecule has 0 bridgehead atoms. The Morgan fingerprint density at radius 3 is 2.41 bits per heavy atom. The van der Waals surface area contributed by atoms with Gasteiger partial charge in [0.05, 0.1) is 7.05 Å². The summed E-state index contributed by atoms with van der Waals surface area (Å²) in [5.74, 6) is 0. The largest absolute Gasteiger partial charge is 1.00 e. The Labute approximate surface area is 120 Å². The molecule has 2 nitrogen and oxygen atoms in total. The third-order valence-electron chi connectivity index (χ3n) is 3.01. The second-order valence-corrected chi connectivity index (χ2v) is 4.22. The van der Waals surface area contributed by atoms with Crippen molar-refractivity contribution in [3.8, 4) is 11.3 Å². The molecule has 92 valence electrons. The van der Waals surface area contributed by atoms with Gasteiger partial charge in [0, 0.05) is 11.1 Å². The number of aryl methyl sites for hydroxylation is 2. The summed E-state index contributed by atoms with van der Waals surface area (Å²) in [7, 11) is 4.20. The second-order valence-electron chi connectivity index (χ2n) is 4.22. The van der Waals surface area contributed by atoms with E-state index in [4.69, 9.17) is 0 Å². The highest BCUT2D eigenvalue weighted by Crippen LogP contribution is 2.22. The molecule has 0 aliphatic rings. The van der Waals surface area contributed by atoms with Gasteiger partial charge in [-0.3, -0.25) is 0 Å². The Bertz CT molecular complexity index is 474. The van der Waals surface area contributed by atoms with Gasteiger partial charge < -0.3 is 24.0 Å². The minimum Gasteiger partial charge on any atom is -1.00 e. The summed E-state index contributed by atoms with van der Waals surface area (Å²) >= 11 is 0. The Morgan fingerprint density at radius 1 is 1.18 bits per heavy atom. The van der Waals surface area contributed by atoms with Gasteiger partial charge in [-0.2, -0.15) is 4.68 Å². The molecule has 0 atom stereocenters. The van der Waals surface area contributed by atoms with Gasteiger partial charge in [-0.25, -0.2) is 0 Å². The smallest absolute Gasteiger partial charge is 0.199 e. The van der Waals surface area contributed by atoms with Gasteiger partial charge in [0.2, 0.25) is 0 Å². The van der Waals surface area contributed by atoms with E-state index in [1.165, 1.54) is 23.2 Å². The molecule has 2 aromatic rings. The molecule has 3 heteroatoms. The molecular formula is C14H19IN2. The van der Waals surface area contributed by atoms with Crippen molar-refractivity contribution in [3.05, 3.63) is 42.1 Å². The molecule has 1 heterocycles. The van der Waals surface area contributed by atoms with Crippen molar-refractivity contribution in [2.75, 3.05) is 0 Å². The number of aromatic nitrogens is 2. The zero-order valence-corrected chi connectivity index (χ0v) is 12.8. The maximum absolute atomic E-state index is 2.23. The van der Waals surface area contributed by atoms with E-state index >= 15 is 0 Å². The first-order chi connectivity index (χ1) is 7.74. The summed E-state index contributed by atoms with van der Waals surface area (Å²) in [6, 6.07) is 10.6. The molecule has 1 aromatic carbocycles. The third-order valence-corrected chi connectivity index (χ3v) is 3.01. The summed E-state index contributed by atoms with van der Waals surface area (Å²) < 4.78 is 4.35. The third kappa shape index (κ3) is 2.89. The van der Waals surface area contributed by atoms with Crippen molar-refractivity contribution < 1.29 is 28.7 Å². The van der Waals surface area contributed by atoms with Gasteiger partial charge in [-0.1, -0.05) is 43.7 Å². The van der Waals surface area contributed by atoms with E-state index in [9.17, 15) is 0 Å². The van der Waals surface area contributed by atoms with Crippen molar-refractivity contribution in [1.82, 2.24) is 4.68 Å². The van der Waals surface area contributed by atoms with Crippen LogP contribution in [0.3, 0.4) is 0 Å². The van der Waals surface area contributed by atoms with Crippen LogP contribution in [0.1, 0.15) is 18.9 Å². The van der Waals surface area contributed by atoms with Gasteiger partial charge >= 0.3 is 0 Å². The number of nitrogens with zero attached hydrogens (tertiary/aromatic N) is 2. The molecule has 0 aliphatic carbocycles. The van der Waals surface area contributed by atoms with E-state index in [2.05, 4.69) is 66.9 Å². The maximum Gasteiger partial charge on any atom is 0.199 e. The summed E-state index contributed by atoms with van der Waals surface area (Å²) in [4.78, 5) is 0. The zero-order valence-electron chi connectivity index (χ0n) is 10.7. The van der Waals surface area contributed by atoms with Crippen LogP contribution in [0.4, 0.5) is 0 Å². The summed E-state index contributed by atoms with van der Waals surface area (Å²) in [5.41, 5.74) is 4.07. The SMILES string of the molecule is CCCc1c[n+](C)n(C)c1-c1ccccc1.[I-]. The van der Waals surface area contributed by atoms with E-state index < -0.39 is 0 Å². The van der Waals surface area contributed by atoms with Crippen LogP contribution in [0, 0.1) is 0 Å². The van der Waals surface area contributed by atoms with Crippen LogP contribution in [0.2, 0.25) is 0 Å². The molecule has 0 spiro atoms. The molecule has 0 unspecified atom stereocenters. The minimum absolute atomic E-state index is 0. The van der Waals surface area contributed by atoms with Crippen molar-refractivity contribution in [2.24, 2.45) is 14.1 Å². The Hall–Kier alpha value is -0.840. The average molecular weight is 342 g/mol. The molecule has 0 amide bonds. The van der Waals surface area contributed by atoms with Crippen LogP contribution in [0.5, 0.6) is 0 Å². The maximum atomic E-state index is 2.23. The number of benzene rings is 1. The van der Waals surface area contributed by atoms with Crippen molar-refractivity contribution in [1.29, 1.82) is 0 Å². The van der Waals surface area contributed by atoms with Crippen LogP contribution in [0.15, 0.2) is 36.5 Å². The van der Waals surface area contributed by atoms with E-state index in [0.29, 0.717) is 0 Å². The van der Waals surface area contributed by atoms with Crippen molar-refractivity contribution >= 4 is 0 Å². The summed E-state index contributed by atoms with van der Waals surface area (Å²) in [5, 5.41) is 0. The Balaban J connectivity index is 0.00000144. The van der Waals surface area contributed by atoms with Crippen molar-refractivity contribution in [3.63, 3.8) is 0 Å². The van der Waals surface area contributed by atoms with Crippen LogP contribution >= 0.6 is 0 Å². The fourth-order valence-electron chi connectivity index (χ4n) is 2.16. The van der Waals surface area contributed by atoms with Crippen LogP contribution in [0.25, 0.3) is 11.3 Å². The normalized spacial score (nSPS) is 10.1. The topological polar surface area (TPSA) is 8.81 Å². The van der Waals surface area contributed by atoms with Gasteiger partial charge in [-0.15, -0.1) is 4.68 Å². The molecule has 0 saturated heterocycles. The van der Waals surface area contributed by atoms with E-state index in [1.807, 2.05) is 0 Å². The highest BCUT2D eigenvalue weighted by molar-refractivity contribution is 5.62. The molecule has 0 fully saturated rings. The summed E-state index contributed by atoms with van der Waals surface area (Å²) in [6.45, 7) is 2.22. The highest BCUT2D eigenvalue weighted by Gasteiger charge is 2.16. The number of halogens is 1. The minimum atomic E-state index is 0. The predicted molar refractivity (Wildman–Crippen MR) is 66.0 cm³/mol. The molecule has 0 aliphatic heterocycles. The molecule has 2 rings (SSSR count).